The average Bonchev–Trinajstić information content (AvgIpc) is 2.47. The Balaban J connectivity index is 2.09. The number of aromatic nitrogens is 2. The smallest absolute Gasteiger partial charge is 0.224 e. The van der Waals surface area contributed by atoms with Crippen molar-refractivity contribution in [3.63, 3.8) is 0 Å². The number of rotatable bonds is 4. The van der Waals surface area contributed by atoms with E-state index in [4.69, 9.17) is 0 Å². The van der Waals surface area contributed by atoms with Gasteiger partial charge in [0.2, 0.25) is 5.95 Å². The zero-order valence-corrected chi connectivity index (χ0v) is 12.0. The second kappa shape index (κ2) is 6.17. The summed E-state index contributed by atoms with van der Waals surface area (Å²) in [6.45, 7) is 2.25. The fraction of sp³-hybridized carbons (Fsp3) is 0.714. The minimum atomic E-state index is -0.348. The first-order valence-corrected chi connectivity index (χ1v) is 7.08. The summed E-state index contributed by atoms with van der Waals surface area (Å²) in [5.41, 5.74) is 0. The zero-order chi connectivity index (χ0) is 13.8. The highest BCUT2D eigenvalue weighted by Crippen LogP contribution is 2.31. The maximum atomic E-state index is 13.9. The van der Waals surface area contributed by atoms with E-state index in [9.17, 15) is 4.39 Å². The van der Waals surface area contributed by atoms with Crippen molar-refractivity contribution in [2.75, 3.05) is 24.3 Å². The van der Waals surface area contributed by atoms with E-state index in [0.717, 1.165) is 18.8 Å². The molecule has 0 atom stereocenters. The van der Waals surface area contributed by atoms with Crippen LogP contribution in [0.4, 0.5) is 16.2 Å². The number of halogens is 1. The second-order valence-electron chi connectivity index (χ2n) is 5.31. The molecule has 5 heteroatoms. The third-order valence-electron chi connectivity index (χ3n) is 4.22. The molecule has 2 rings (SSSR count). The highest BCUT2D eigenvalue weighted by molar-refractivity contribution is 5.44. The van der Waals surface area contributed by atoms with Crippen molar-refractivity contribution in [2.45, 2.75) is 45.1 Å². The fourth-order valence-corrected chi connectivity index (χ4v) is 2.84. The topological polar surface area (TPSA) is 41.1 Å². The Kier molecular flexibility index (Phi) is 4.56. The quantitative estimate of drug-likeness (QED) is 0.909. The van der Waals surface area contributed by atoms with E-state index in [1.807, 2.05) is 11.9 Å². The maximum Gasteiger partial charge on any atom is 0.224 e. The molecule has 0 radical (unpaired) electrons. The molecule has 0 amide bonds. The Morgan fingerprint density at radius 2 is 2.05 bits per heavy atom. The minimum Gasteiger partial charge on any atom is -0.357 e. The van der Waals surface area contributed by atoms with Gasteiger partial charge in [-0.1, -0.05) is 13.3 Å². The Hall–Kier alpha value is -1.39. The van der Waals surface area contributed by atoms with E-state index in [1.165, 1.54) is 25.5 Å². The van der Waals surface area contributed by atoms with Crippen LogP contribution in [0.2, 0.25) is 0 Å². The van der Waals surface area contributed by atoms with Crippen molar-refractivity contribution in [3.05, 3.63) is 12.0 Å². The summed E-state index contributed by atoms with van der Waals surface area (Å²) in [5.74, 6) is 1.36. The summed E-state index contributed by atoms with van der Waals surface area (Å²) in [5, 5.41) is 2.85. The Bertz CT molecular complexity index is 416. The summed E-state index contributed by atoms with van der Waals surface area (Å²) >= 11 is 0. The third-order valence-corrected chi connectivity index (χ3v) is 4.22. The van der Waals surface area contributed by atoms with Crippen LogP contribution in [0.25, 0.3) is 0 Å². The minimum absolute atomic E-state index is 0.348. The number of nitrogens with one attached hydrogen (secondary N) is 1. The van der Waals surface area contributed by atoms with Crippen LogP contribution >= 0.6 is 0 Å². The SMILES string of the molecule is CCC1CCC(N(C)c2nc(NC)ncc2F)CC1. The lowest BCUT2D eigenvalue weighted by Crippen LogP contribution is -2.36. The summed E-state index contributed by atoms with van der Waals surface area (Å²) in [6.07, 6.45) is 7.19. The van der Waals surface area contributed by atoms with Crippen molar-refractivity contribution >= 4 is 11.8 Å². The van der Waals surface area contributed by atoms with Gasteiger partial charge in [0.25, 0.3) is 0 Å². The van der Waals surface area contributed by atoms with E-state index < -0.39 is 0 Å². The van der Waals surface area contributed by atoms with Crippen LogP contribution in [0.1, 0.15) is 39.0 Å². The molecule has 1 saturated carbocycles. The van der Waals surface area contributed by atoms with Gasteiger partial charge in [0, 0.05) is 20.1 Å². The predicted octanol–water partition coefficient (Wildman–Crippen LogP) is 3.06. The molecule has 0 bridgehead atoms. The van der Waals surface area contributed by atoms with Crippen LogP contribution in [-0.4, -0.2) is 30.1 Å². The van der Waals surface area contributed by atoms with Gasteiger partial charge in [-0.15, -0.1) is 0 Å². The van der Waals surface area contributed by atoms with Gasteiger partial charge in [-0.3, -0.25) is 0 Å². The molecule has 19 heavy (non-hydrogen) atoms. The molecule has 1 N–H and O–H groups in total. The molecule has 4 nitrogen and oxygen atoms in total. The third kappa shape index (κ3) is 3.14. The summed E-state index contributed by atoms with van der Waals surface area (Å²) in [6, 6.07) is 0.386. The second-order valence-corrected chi connectivity index (χ2v) is 5.31. The van der Waals surface area contributed by atoms with Crippen molar-refractivity contribution in [2.24, 2.45) is 5.92 Å². The van der Waals surface area contributed by atoms with Crippen LogP contribution in [-0.2, 0) is 0 Å². The van der Waals surface area contributed by atoms with Crippen molar-refractivity contribution < 1.29 is 4.39 Å². The first kappa shape index (κ1) is 14.0. The molecule has 106 valence electrons. The first-order chi connectivity index (χ1) is 9.15. The van der Waals surface area contributed by atoms with Crippen LogP contribution in [0, 0.1) is 11.7 Å². The Morgan fingerprint density at radius 3 is 2.63 bits per heavy atom. The monoisotopic (exact) mass is 266 g/mol. The standard InChI is InChI=1S/C14H23FN4/c1-4-10-5-7-11(8-6-10)19(3)13-12(15)9-17-14(16-2)18-13/h9-11H,4-8H2,1-3H3,(H,16,17,18). The van der Waals surface area contributed by atoms with E-state index in [0.29, 0.717) is 17.8 Å². The van der Waals surface area contributed by atoms with E-state index in [2.05, 4.69) is 22.2 Å². The number of nitrogens with zero attached hydrogens (tertiary/aromatic N) is 3. The highest BCUT2D eigenvalue weighted by Gasteiger charge is 2.25. The normalized spacial score (nSPS) is 23.2. The predicted molar refractivity (Wildman–Crippen MR) is 76.0 cm³/mol. The lowest BCUT2D eigenvalue weighted by Gasteiger charge is -2.35. The van der Waals surface area contributed by atoms with Crippen LogP contribution in [0.5, 0.6) is 0 Å². The van der Waals surface area contributed by atoms with Gasteiger partial charge in [-0.05, 0) is 31.6 Å². The lowest BCUT2D eigenvalue weighted by molar-refractivity contribution is 0.312. The van der Waals surface area contributed by atoms with Crippen molar-refractivity contribution in [1.29, 1.82) is 0 Å². The van der Waals surface area contributed by atoms with Gasteiger partial charge in [0.05, 0.1) is 6.20 Å². The van der Waals surface area contributed by atoms with Gasteiger partial charge in [0.1, 0.15) is 0 Å². The largest absolute Gasteiger partial charge is 0.357 e. The molecule has 0 saturated heterocycles. The molecular formula is C14H23FN4. The zero-order valence-electron chi connectivity index (χ0n) is 12.0. The number of anilines is 2. The van der Waals surface area contributed by atoms with Crippen LogP contribution in [0.15, 0.2) is 6.20 Å². The molecule has 0 aliphatic heterocycles. The number of hydrogen-bond acceptors (Lipinski definition) is 4. The van der Waals surface area contributed by atoms with Gasteiger partial charge in [-0.25, -0.2) is 9.37 Å². The van der Waals surface area contributed by atoms with Gasteiger partial charge in [-0.2, -0.15) is 4.98 Å². The molecule has 1 fully saturated rings. The van der Waals surface area contributed by atoms with E-state index in [-0.39, 0.29) is 5.82 Å². The average molecular weight is 266 g/mol. The summed E-state index contributed by atoms with van der Waals surface area (Å²) < 4.78 is 13.9. The van der Waals surface area contributed by atoms with Gasteiger partial charge >= 0.3 is 0 Å². The maximum absolute atomic E-state index is 13.9. The molecule has 0 spiro atoms. The van der Waals surface area contributed by atoms with Crippen LogP contribution < -0.4 is 10.2 Å². The Morgan fingerprint density at radius 1 is 1.37 bits per heavy atom. The van der Waals surface area contributed by atoms with Crippen LogP contribution in [0.3, 0.4) is 0 Å². The van der Waals surface area contributed by atoms with Gasteiger partial charge in [0.15, 0.2) is 11.6 Å². The molecular weight excluding hydrogens is 243 g/mol. The van der Waals surface area contributed by atoms with E-state index >= 15 is 0 Å². The molecule has 1 aliphatic rings. The molecule has 1 heterocycles. The first-order valence-electron chi connectivity index (χ1n) is 7.08. The molecule has 0 unspecified atom stereocenters. The van der Waals surface area contributed by atoms with Crippen molar-refractivity contribution in [3.8, 4) is 0 Å². The molecule has 1 aromatic rings. The number of hydrogen-bond donors (Lipinski definition) is 1. The molecule has 0 aromatic carbocycles. The summed E-state index contributed by atoms with van der Waals surface area (Å²) in [7, 11) is 3.67. The van der Waals surface area contributed by atoms with Gasteiger partial charge < -0.3 is 10.2 Å². The van der Waals surface area contributed by atoms with Crippen molar-refractivity contribution in [1.82, 2.24) is 9.97 Å². The Labute approximate surface area is 114 Å². The lowest BCUT2D eigenvalue weighted by atomic mass is 9.84. The van der Waals surface area contributed by atoms with E-state index in [1.54, 1.807) is 7.05 Å². The molecule has 1 aliphatic carbocycles. The summed E-state index contributed by atoms with van der Waals surface area (Å²) in [4.78, 5) is 10.1. The highest BCUT2D eigenvalue weighted by atomic mass is 19.1. The molecule has 1 aromatic heterocycles. The fourth-order valence-electron chi connectivity index (χ4n) is 2.84.